The van der Waals surface area contributed by atoms with E-state index in [1.807, 2.05) is 30.3 Å². The van der Waals surface area contributed by atoms with E-state index in [1.165, 1.54) is 4.80 Å². The molecule has 1 saturated heterocycles. The molecule has 0 radical (unpaired) electrons. The summed E-state index contributed by atoms with van der Waals surface area (Å²) in [4.78, 5) is 15.3. The average Bonchev–Trinajstić information content (AvgIpc) is 3.14. The summed E-state index contributed by atoms with van der Waals surface area (Å²) < 4.78 is 5.37. The summed E-state index contributed by atoms with van der Waals surface area (Å²) in [5, 5.41) is 12.0. The predicted octanol–water partition coefficient (Wildman–Crippen LogP) is 1.68. The highest BCUT2D eigenvalue weighted by Crippen LogP contribution is 2.30. The lowest BCUT2D eigenvalue weighted by atomic mass is 10.2. The second-order valence-electron chi connectivity index (χ2n) is 5.03. The molecule has 1 aromatic heterocycles. The molecule has 110 valence electrons. The van der Waals surface area contributed by atoms with Crippen LogP contribution in [-0.4, -0.2) is 37.7 Å². The quantitative estimate of drug-likeness (QED) is 0.858. The minimum absolute atomic E-state index is 0.137. The van der Waals surface area contributed by atoms with Crippen LogP contribution in [-0.2, 0) is 18.4 Å². The molecular weight excluding hydrogens is 270 g/mol. The van der Waals surface area contributed by atoms with Crippen LogP contribution >= 0.6 is 0 Å². The summed E-state index contributed by atoms with van der Waals surface area (Å²) in [6.07, 6.45) is 1.43. The zero-order chi connectivity index (χ0) is 14.7. The number of amides is 1. The lowest BCUT2D eigenvalue weighted by Crippen LogP contribution is -2.31. The van der Waals surface area contributed by atoms with Crippen LogP contribution in [0.1, 0.15) is 30.3 Å². The number of aryl methyl sites for hydroxylation is 1. The first-order chi connectivity index (χ1) is 10.2. The number of benzene rings is 1. The maximum atomic E-state index is 12.2. The van der Waals surface area contributed by atoms with Gasteiger partial charge in [0.05, 0.1) is 13.1 Å². The van der Waals surface area contributed by atoms with Gasteiger partial charge in [-0.15, -0.1) is 10.2 Å². The molecule has 2 aromatic rings. The van der Waals surface area contributed by atoms with E-state index < -0.39 is 0 Å². The number of likely N-dealkylation sites (tertiary alicyclic amines) is 1. The number of rotatable bonds is 3. The maximum Gasteiger partial charge on any atom is 0.410 e. The summed E-state index contributed by atoms with van der Waals surface area (Å²) in [5.41, 5.74) is 0.972. The Labute approximate surface area is 122 Å². The summed E-state index contributed by atoms with van der Waals surface area (Å²) in [6.45, 7) is 0.938. The highest BCUT2D eigenvalue weighted by molar-refractivity contribution is 5.68. The van der Waals surface area contributed by atoms with E-state index in [9.17, 15) is 4.79 Å². The first-order valence-corrected chi connectivity index (χ1v) is 6.95. The van der Waals surface area contributed by atoms with Crippen LogP contribution in [0.4, 0.5) is 4.79 Å². The molecule has 2 heterocycles. The van der Waals surface area contributed by atoms with Crippen molar-refractivity contribution < 1.29 is 9.53 Å². The molecule has 0 spiro atoms. The van der Waals surface area contributed by atoms with Gasteiger partial charge >= 0.3 is 6.09 Å². The number of hydrogen-bond donors (Lipinski definition) is 0. The highest BCUT2D eigenvalue weighted by Gasteiger charge is 2.34. The first-order valence-electron chi connectivity index (χ1n) is 6.95. The summed E-state index contributed by atoms with van der Waals surface area (Å²) >= 11 is 0. The Morgan fingerprint density at radius 1 is 1.38 bits per heavy atom. The van der Waals surface area contributed by atoms with E-state index in [0.29, 0.717) is 12.4 Å². The van der Waals surface area contributed by atoms with Crippen molar-refractivity contribution in [2.75, 3.05) is 6.54 Å². The fraction of sp³-hybridized carbons (Fsp3) is 0.429. The Hall–Kier alpha value is -2.44. The number of aromatic nitrogens is 4. The van der Waals surface area contributed by atoms with Crippen LogP contribution < -0.4 is 0 Å². The van der Waals surface area contributed by atoms with Crippen LogP contribution in [0.15, 0.2) is 30.3 Å². The van der Waals surface area contributed by atoms with Crippen LogP contribution in [0, 0.1) is 0 Å². The molecule has 7 heteroatoms. The molecule has 0 N–H and O–H groups in total. The normalized spacial score (nSPS) is 18.0. The molecule has 7 nitrogen and oxygen atoms in total. The van der Waals surface area contributed by atoms with Crippen molar-refractivity contribution in [3.63, 3.8) is 0 Å². The maximum absolute atomic E-state index is 12.2. The van der Waals surface area contributed by atoms with E-state index in [2.05, 4.69) is 15.4 Å². The molecule has 1 aliphatic heterocycles. The van der Waals surface area contributed by atoms with Gasteiger partial charge < -0.3 is 4.74 Å². The lowest BCUT2D eigenvalue weighted by Gasteiger charge is -2.21. The van der Waals surface area contributed by atoms with Crippen molar-refractivity contribution in [2.24, 2.45) is 7.05 Å². The number of carbonyl (C=O) groups excluding carboxylic acids is 1. The van der Waals surface area contributed by atoms with Gasteiger partial charge in [0.25, 0.3) is 0 Å². The van der Waals surface area contributed by atoms with Gasteiger partial charge in [-0.2, -0.15) is 4.80 Å². The average molecular weight is 287 g/mol. The molecule has 0 saturated carbocycles. The zero-order valence-electron chi connectivity index (χ0n) is 11.8. The van der Waals surface area contributed by atoms with Crippen molar-refractivity contribution in [3.05, 3.63) is 41.7 Å². The number of tetrazole rings is 1. The molecule has 1 unspecified atom stereocenters. The topological polar surface area (TPSA) is 73.1 Å². The number of carbonyl (C=O) groups is 1. The van der Waals surface area contributed by atoms with E-state index in [-0.39, 0.29) is 18.7 Å². The third-order valence-corrected chi connectivity index (χ3v) is 3.51. The Morgan fingerprint density at radius 3 is 2.90 bits per heavy atom. The van der Waals surface area contributed by atoms with E-state index in [4.69, 9.17) is 4.74 Å². The van der Waals surface area contributed by atoms with Crippen LogP contribution in [0.25, 0.3) is 0 Å². The van der Waals surface area contributed by atoms with Gasteiger partial charge in [-0.05, 0) is 23.6 Å². The minimum Gasteiger partial charge on any atom is -0.445 e. The number of hydrogen-bond acceptors (Lipinski definition) is 5. The Balaban J connectivity index is 1.63. The minimum atomic E-state index is -0.325. The largest absolute Gasteiger partial charge is 0.445 e. The lowest BCUT2D eigenvalue weighted by molar-refractivity contribution is 0.0908. The molecule has 3 rings (SSSR count). The van der Waals surface area contributed by atoms with E-state index >= 15 is 0 Å². The van der Waals surface area contributed by atoms with Gasteiger partial charge in [0.2, 0.25) is 0 Å². The first kappa shape index (κ1) is 13.5. The SMILES string of the molecule is Cn1nnc(C2CCCN2C(=O)OCc2ccccc2)n1. The van der Waals surface area contributed by atoms with Crippen LogP contribution in [0.3, 0.4) is 0 Å². The van der Waals surface area contributed by atoms with Gasteiger partial charge in [-0.25, -0.2) is 4.79 Å². The predicted molar refractivity (Wildman–Crippen MR) is 74.1 cm³/mol. The molecule has 0 bridgehead atoms. The molecule has 0 aliphatic carbocycles. The standard InChI is InChI=1S/C14H17N5O2/c1-18-16-13(15-17-18)12-8-5-9-19(12)14(20)21-10-11-6-3-2-4-7-11/h2-4,6-7,12H,5,8-10H2,1H3. The zero-order valence-corrected chi connectivity index (χ0v) is 11.8. The smallest absolute Gasteiger partial charge is 0.410 e. The van der Waals surface area contributed by atoms with Crippen LogP contribution in [0.2, 0.25) is 0 Å². The van der Waals surface area contributed by atoms with E-state index in [1.54, 1.807) is 11.9 Å². The molecule has 1 aliphatic rings. The number of nitrogens with zero attached hydrogens (tertiary/aromatic N) is 5. The molecule has 1 amide bonds. The van der Waals surface area contributed by atoms with Gasteiger partial charge in [0, 0.05) is 6.54 Å². The third-order valence-electron chi connectivity index (χ3n) is 3.51. The Morgan fingerprint density at radius 2 is 2.19 bits per heavy atom. The van der Waals surface area contributed by atoms with Gasteiger partial charge in [-0.1, -0.05) is 30.3 Å². The van der Waals surface area contributed by atoms with E-state index in [0.717, 1.165) is 18.4 Å². The fourth-order valence-corrected chi connectivity index (χ4v) is 2.49. The van der Waals surface area contributed by atoms with Crippen molar-refractivity contribution in [1.29, 1.82) is 0 Å². The molecule has 21 heavy (non-hydrogen) atoms. The second kappa shape index (κ2) is 5.90. The van der Waals surface area contributed by atoms with Crippen molar-refractivity contribution in [3.8, 4) is 0 Å². The number of ether oxygens (including phenoxy) is 1. The highest BCUT2D eigenvalue weighted by atomic mass is 16.6. The molecular formula is C14H17N5O2. The van der Waals surface area contributed by atoms with Crippen molar-refractivity contribution in [1.82, 2.24) is 25.1 Å². The Bertz CT molecular complexity index is 613. The van der Waals surface area contributed by atoms with Gasteiger partial charge in [0.15, 0.2) is 5.82 Å². The van der Waals surface area contributed by atoms with Crippen LogP contribution in [0.5, 0.6) is 0 Å². The molecule has 1 aromatic carbocycles. The van der Waals surface area contributed by atoms with Crippen molar-refractivity contribution in [2.45, 2.75) is 25.5 Å². The fourth-order valence-electron chi connectivity index (χ4n) is 2.49. The summed E-state index contributed by atoms with van der Waals surface area (Å²) in [6, 6.07) is 9.50. The summed E-state index contributed by atoms with van der Waals surface area (Å²) in [5.74, 6) is 0.576. The van der Waals surface area contributed by atoms with Crippen molar-refractivity contribution >= 4 is 6.09 Å². The summed E-state index contributed by atoms with van der Waals surface area (Å²) in [7, 11) is 1.71. The molecule has 1 fully saturated rings. The monoisotopic (exact) mass is 287 g/mol. The van der Waals surface area contributed by atoms with Gasteiger partial charge in [-0.3, -0.25) is 4.90 Å². The van der Waals surface area contributed by atoms with Gasteiger partial charge in [0.1, 0.15) is 6.61 Å². The molecule has 1 atom stereocenters. The second-order valence-corrected chi connectivity index (χ2v) is 5.03. The Kier molecular flexibility index (Phi) is 3.81. The third kappa shape index (κ3) is 3.01.